The highest BCUT2D eigenvalue weighted by Crippen LogP contribution is 2.18. The van der Waals surface area contributed by atoms with Gasteiger partial charge in [-0.2, -0.15) is 0 Å². The molecule has 0 bridgehead atoms. The van der Waals surface area contributed by atoms with Gasteiger partial charge in [0.1, 0.15) is 0 Å². The highest BCUT2D eigenvalue weighted by Gasteiger charge is 2.08. The zero-order chi connectivity index (χ0) is 15.9. The lowest BCUT2D eigenvalue weighted by atomic mass is 10.4. The number of rotatable bonds is 8. The van der Waals surface area contributed by atoms with Crippen molar-refractivity contribution in [3.05, 3.63) is 30.2 Å². The van der Waals surface area contributed by atoms with Gasteiger partial charge in [0.05, 0.1) is 5.69 Å². The van der Waals surface area contributed by atoms with E-state index >= 15 is 0 Å². The molecule has 2 heterocycles. The third-order valence-electron chi connectivity index (χ3n) is 3.57. The standard InChI is InChI=1S/C16H24N4O2/c1-4-19(5-2)10-8-17-15(21)12-22-14-7-6-9-20-11-13(3)18-16(14)20/h6-7,9,11H,4-5,8,10,12H2,1-3H3,(H,17,21). The number of aromatic nitrogens is 2. The van der Waals surface area contributed by atoms with E-state index < -0.39 is 0 Å². The Morgan fingerprint density at radius 2 is 2.18 bits per heavy atom. The molecule has 6 nitrogen and oxygen atoms in total. The quantitative estimate of drug-likeness (QED) is 0.802. The van der Waals surface area contributed by atoms with Gasteiger partial charge in [0.2, 0.25) is 0 Å². The molecule has 0 aromatic carbocycles. The zero-order valence-corrected chi connectivity index (χ0v) is 13.5. The first-order valence-electron chi connectivity index (χ1n) is 7.70. The summed E-state index contributed by atoms with van der Waals surface area (Å²) in [7, 11) is 0. The van der Waals surface area contributed by atoms with Gasteiger partial charge in [-0.05, 0) is 32.1 Å². The second-order valence-electron chi connectivity index (χ2n) is 5.15. The maximum atomic E-state index is 11.8. The van der Waals surface area contributed by atoms with Gasteiger partial charge in [-0.15, -0.1) is 0 Å². The van der Waals surface area contributed by atoms with Gasteiger partial charge < -0.3 is 19.4 Å². The highest BCUT2D eigenvalue weighted by molar-refractivity contribution is 5.77. The Bertz CT molecular complexity index is 620. The molecule has 0 radical (unpaired) electrons. The molecule has 0 spiro atoms. The fourth-order valence-corrected chi connectivity index (χ4v) is 2.31. The van der Waals surface area contributed by atoms with Gasteiger partial charge in [-0.3, -0.25) is 4.79 Å². The molecule has 2 aromatic rings. The van der Waals surface area contributed by atoms with Crippen molar-refractivity contribution in [2.45, 2.75) is 20.8 Å². The van der Waals surface area contributed by atoms with Crippen LogP contribution in [0.3, 0.4) is 0 Å². The van der Waals surface area contributed by atoms with Gasteiger partial charge >= 0.3 is 0 Å². The molecule has 1 N–H and O–H groups in total. The molecule has 0 atom stereocenters. The molecule has 6 heteroatoms. The van der Waals surface area contributed by atoms with Crippen LogP contribution >= 0.6 is 0 Å². The smallest absolute Gasteiger partial charge is 0.257 e. The topological polar surface area (TPSA) is 58.9 Å². The molecule has 1 amide bonds. The largest absolute Gasteiger partial charge is 0.480 e. The number of hydrogen-bond donors (Lipinski definition) is 1. The molecule has 0 aliphatic carbocycles. The van der Waals surface area contributed by atoms with E-state index in [0.717, 1.165) is 31.0 Å². The van der Waals surface area contributed by atoms with Gasteiger partial charge in [0.15, 0.2) is 18.0 Å². The van der Waals surface area contributed by atoms with Gasteiger partial charge in [0.25, 0.3) is 5.91 Å². The Hall–Kier alpha value is -2.08. The maximum absolute atomic E-state index is 11.8. The van der Waals surface area contributed by atoms with E-state index in [4.69, 9.17) is 4.74 Å². The van der Waals surface area contributed by atoms with Crippen molar-refractivity contribution in [2.75, 3.05) is 32.8 Å². The summed E-state index contributed by atoms with van der Waals surface area (Å²) in [6.07, 6.45) is 3.83. The molecule has 0 aliphatic rings. The summed E-state index contributed by atoms with van der Waals surface area (Å²) in [6.45, 7) is 9.63. The van der Waals surface area contributed by atoms with Crippen LogP contribution in [0.2, 0.25) is 0 Å². The minimum Gasteiger partial charge on any atom is -0.480 e. The Morgan fingerprint density at radius 1 is 1.41 bits per heavy atom. The molecule has 0 saturated heterocycles. The van der Waals surface area contributed by atoms with Crippen molar-refractivity contribution in [2.24, 2.45) is 0 Å². The molecule has 0 aliphatic heterocycles. The normalized spacial score (nSPS) is 11.1. The highest BCUT2D eigenvalue weighted by atomic mass is 16.5. The predicted molar refractivity (Wildman–Crippen MR) is 86.2 cm³/mol. The van der Waals surface area contributed by atoms with Crippen LogP contribution in [0.25, 0.3) is 5.65 Å². The molecule has 120 valence electrons. The Labute approximate surface area is 131 Å². The fraction of sp³-hybridized carbons (Fsp3) is 0.500. The van der Waals surface area contributed by atoms with Crippen LogP contribution in [0.5, 0.6) is 5.75 Å². The average molecular weight is 304 g/mol. The number of nitrogens with one attached hydrogen (secondary N) is 1. The summed E-state index contributed by atoms with van der Waals surface area (Å²) in [5.74, 6) is 0.506. The number of nitrogens with zero attached hydrogens (tertiary/aromatic N) is 3. The molecule has 0 fully saturated rings. The van der Waals surface area contributed by atoms with Crippen LogP contribution in [0.1, 0.15) is 19.5 Å². The van der Waals surface area contributed by atoms with Crippen LogP contribution < -0.4 is 10.1 Å². The molecular formula is C16H24N4O2. The van der Waals surface area contributed by atoms with Gasteiger partial charge in [-0.1, -0.05) is 13.8 Å². The van der Waals surface area contributed by atoms with E-state index in [-0.39, 0.29) is 12.5 Å². The number of fused-ring (bicyclic) bond motifs is 1. The van der Waals surface area contributed by atoms with E-state index in [9.17, 15) is 4.79 Å². The van der Waals surface area contributed by atoms with Crippen molar-refractivity contribution in [3.63, 3.8) is 0 Å². The van der Waals surface area contributed by atoms with Crippen molar-refractivity contribution in [3.8, 4) is 5.75 Å². The molecule has 2 rings (SSSR count). The minimum absolute atomic E-state index is 0.00380. The molecule has 2 aromatic heterocycles. The fourth-order valence-electron chi connectivity index (χ4n) is 2.31. The number of pyridine rings is 1. The lowest BCUT2D eigenvalue weighted by Crippen LogP contribution is -2.36. The molecule has 0 unspecified atom stereocenters. The number of hydrogen-bond acceptors (Lipinski definition) is 4. The minimum atomic E-state index is -0.113. The van der Waals surface area contributed by atoms with Crippen LogP contribution in [0.4, 0.5) is 0 Å². The number of likely N-dealkylation sites (N-methyl/N-ethyl adjacent to an activating group) is 1. The summed E-state index contributed by atoms with van der Waals surface area (Å²) in [4.78, 5) is 18.5. The van der Waals surface area contributed by atoms with Crippen LogP contribution in [0, 0.1) is 6.92 Å². The Balaban J connectivity index is 1.83. The van der Waals surface area contributed by atoms with E-state index in [0.29, 0.717) is 12.3 Å². The summed E-state index contributed by atoms with van der Waals surface area (Å²) < 4.78 is 7.49. The lowest BCUT2D eigenvalue weighted by molar-refractivity contribution is -0.123. The predicted octanol–water partition coefficient (Wildman–Crippen LogP) is 1.48. The SMILES string of the molecule is CCN(CC)CCNC(=O)COc1cccn2cc(C)nc12. The molecular weight excluding hydrogens is 280 g/mol. The van der Waals surface area contributed by atoms with E-state index in [1.54, 1.807) is 0 Å². The van der Waals surface area contributed by atoms with Crippen LogP contribution in [-0.2, 0) is 4.79 Å². The summed E-state index contributed by atoms with van der Waals surface area (Å²) >= 11 is 0. The van der Waals surface area contributed by atoms with Crippen molar-refractivity contribution < 1.29 is 9.53 Å². The average Bonchev–Trinajstić information content (AvgIpc) is 2.90. The van der Waals surface area contributed by atoms with E-state index in [1.165, 1.54) is 0 Å². The first-order chi connectivity index (χ1) is 10.6. The summed E-state index contributed by atoms with van der Waals surface area (Å²) in [6, 6.07) is 3.70. The summed E-state index contributed by atoms with van der Waals surface area (Å²) in [5.41, 5.74) is 1.65. The number of amides is 1. The van der Waals surface area contributed by atoms with Gasteiger partial charge in [-0.25, -0.2) is 4.98 Å². The summed E-state index contributed by atoms with van der Waals surface area (Å²) in [5, 5.41) is 2.87. The Morgan fingerprint density at radius 3 is 2.91 bits per heavy atom. The number of imidazole rings is 1. The number of aryl methyl sites for hydroxylation is 1. The number of ether oxygens (including phenoxy) is 1. The number of carbonyl (C=O) groups excluding carboxylic acids is 1. The second kappa shape index (κ2) is 7.79. The van der Waals surface area contributed by atoms with Crippen molar-refractivity contribution in [1.29, 1.82) is 0 Å². The molecule has 22 heavy (non-hydrogen) atoms. The third-order valence-corrected chi connectivity index (χ3v) is 3.57. The maximum Gasteiger partial charge on any atom is 0.257 e. The van der Waals surface area contributed by atoms with Crippen molar-refractivity contribution >= 4 is 11.6 Å². The second-order valence-corrected chi connectivity index (χ2v) is 5.15. The van der Waals surface area contributed by atoms with Gasteiger partial charge in [0, 0.05) is 25.5 Å². The third kappa shape index (κ3) is 4.21. The first kappa shape index (κ1) is 16.3. The van der Waals surface area contributed by atoms with E-state index in [1.807, 2.05) is 35.9 Å². The first-order valence-corrected chi connectivity index (χ1v) is 7.70. The zero-order valence-electron chi connectivity index (χ0n) is 13.5. The Kier molecular flexibility index (Phi) is 5.77. The lowest BCUT2D eigenvalue weighted by Gasteiger charge is -2.18. The monoisotopic (exact) mass is 304 g/mol. The van der Waals surface area contributed by atoms with Crippen molar-refractivity contribution in [1.82, 2.24) is 19.6 Å². The van der Waals surface area contributed by atoms with Crippen LogP contribution in [-0.4, -0.2) is 53.0 Å². The molecule has 0 saturated carbocycles. The number of carbonyl (C=O) groups is 1. The van der Waals surface area contributed by atoms with E-state index in [2.05, 4.69) is 29.0 Å². The van der Waals surface area contributed by atoms with Crippen LogP contribution in [0.15, 0.2) is 24.5 Å².